The van der Waals surface area contributed by atoms with Crippen molar-refractivity contribution in [2.45, 2.75) is 24.8 Å². The van der Waals surface area contributed by atoms with E-state index in [4.69, 9.17) is 0 Å². The highest BCUT2D eigenvalue weighted by Gasteiger charge is 2.33. The third-order valence-electron chi connectivity index (χ3n) is 3.23. The average molecular weight is 272 g/mol. The number of aryl methyl sites for hydroxylation is 1. The third-order valence-corrected chi connectivity index (χ3v) is 5.25. The quantitative estimate of drug-likeness (QED) is 0.893. The van der Waals surface area contributed by atoms with Gasteiger partial charge in [0, 0.05) is 25.7 Å². The molecule has 1 aliphatic rings. The van der Waals surface area contributed by atoms with Crippen LogP contribution in [-0.4, -0.2) is 38.4 Å². The van der Waals surface area contributed by atoms with Crippen molar-refractivity contribution in [2.24, 2.45) is 0 Å². The number of rotatable bonds is 4. The van der Waals surface area contributed by atoms with Crippen LogP contribution in [-0.2, 0) is 10.0 Å². The molecule has 0 atom stereocenters. The van der Waals surface area contributed by atoms with Gasteiger partial charge in [0.15, 0.2) is 0 Å². The topological polar surface area (TPSA) is 49.4 Å². The lowest BCUT2D eigenvalue weighted by Gasteiger charge is -2.36. The van der Waals surface area contributed by atoms with E-state index in [0.29, 0.717) is 25.2 Å². The molecule has 0 spiro atoms. The van der Waals surface area contributed by atoms with E-state index in [2.05, 4.69) is 5.32 Å². The summed E-state index contributed by atoms with van der Waals surface area (Å²) in [5.41, 5.74) is 0.447. The summed E-state index contributed by atoms with van der Waals surface area (Å²) in [6.45, 7) is 5.10. The fraction of sp³-hybridized carbons (Fsp3) is 0.500. The molecule has 0 unspecified atom stereocenters. The number of hydrogen-bond acceptors (Lipinski definition) is 3. The van der Waals surface area contributed by atoms with Gasteiger partial charge >= 0.3 is 0 Å². The van der Waals surface area contributed by atoms with Crippen LogP contribution < -0.4 is 5.32 Å². The first-order valence-corrected chi connectivity index (χ1v) is 7.39. The minimum atomic E-state index is -3.60. The molecule has 0 aromatic heterocycles. The van der Waals surface area contributed by atoms with Crippen LogP contribution in [0, 0.1) is 12.7 Å². The van der Waals surface area contributed by atoms with Crippen molar-refractivity contribution in [1.82, 2.24) is 9.62 Å². The van der Waals surface area contributed by atoms with Crippen molar-refractivity contribution in [1.29, 1.82) is 0 Å². The van der Waals surface area contributed by atoms with E-state index in [9.17, 15) is 12.8 Å². The minimum absolute atomic E-state index is 0.0237. The Morgan fingerprint density at radius 1 is 1.44 bits per heavy atom. The van der Waals surface area contributed by atoms with Gasteiger partial charge < -0.3 is 5.32 Å². The van der Waals surface area contributed by atoms with E-state index in [1.54, 1.807) is 13.8 Å². The van der Waals surface area contributed by atoms with Gasteiger partial charge in [-0.25, -0.2) is 12.8 Å². The molecule has 1 N–H and O–H groups in total. The van der Waals surface area contributed by atoms with Crippen LogP contribution in [0.25, 0.3) is 0 Å². The first kappa shape index (κ1) is 13.5. The Morgan fingerprint density at radius 3 is 2.56 bits per heavy atom. The van der Waals surface area contributed by atoms with Crippen molar-refractivity contribution in [2.75, 3.05) is 19.6 Å². The predicted octanol–water partition coefficient (Wildman–Crippen LogP) is 1.12. The summed E-state index contributed by atoms with van der Waals surface area (Å²) in [5, 5.41) is 3.04. The van der Waals surface area contributed by atoms with Crippen LogP contribution in [0.2, 0.25) is 0 Å². The van der Waals surface area contributed by atoms with Crippen LogP contribution in [0.15, 0.2) is 23.1 Å². The van der Waals surface area contributed by atoms with Gasteiger partial charge in [0.1, 0.15) is 5.82 Å². The summed E-state index contributed by atoms with van der Waals surface area (Å²) in [6, 6.07) is 4.03. The molecule has 1 saturated heterocycles. The first-order valence-electron chi connectivity index (χ1n) is 5.95. The Kier molecular flexibility index (Phi) is 3.70. The highest BCUT2D eigenvalue weighted by molar-refractivity contribution is 7.89. The molecule has 0 aliphatic carbocycles. The average Bonchev–Trinajstić information content (AvgIpc) is 2.26. The van der Waals surface area contributed by atoms with Gasteiger partial charge in [0.2, 0.25) is 10.0 Å². The van der Waals surface area contributed by atoms with Crippen LogP contribution in [0.5, 0.6) is 0 Å². The molecule has 0 bridgehead atoms. The lowest BCUT2D eigenvalue weighted by Crippen LogP contribution is -2.58. The molecule has 1 heterocycles. The number of hydrogen-bond donors (Lipinski definition) is 1. The standard InChI is InChI=1S/C12H17FN2O2S/c1-3-15(10-7-14-8-10)18(16,17)11-5-4-9(2)12(13)6-11/h4-6,10,14H,3,7-8H2,1-2H3. The summed E-state index contributed by atoms with van der Waals surface area (Å²) in [5.74, 6) is -0.487. The fourth-order valence-corrected chi connectivity index (χ4v) is 3.62. The summed E-state index contributed by atoms with van der Waals surface area (Å²) in [7, 11) is -3.60. The van der Waals surface area contributed by atoms with Crippen molar-refractivity contribution in [3.63, 3.8) is 0 Å². The smallest absolute Gasteiger partial charge is 0.243 e. The Labute approximate surface area is 107 Å². The molecule has 1 fully saturated rings. The van der Waals surface area contributed by atoms with Gasteiger partial charge in [-0.3, -0.25) is 0 Å². The molecule has 0 saturated carbocycles. The molecule has 1 aromatic rings. The second kappa shape index (κ2) is 4.95. The molecule has 0 amide bonds. The van der Waals surface area contributed by atoms with E-state index in [1.165, 1.54) is 16.4 Å². The molecule has 0 radical (unpaired) electrons. The summed E-state index contributed by atoms with van der Waals surface area (Å²) in [6.07, 6.45) is 0. The molecule has 4 nitrogen and oxygen atoms in total. The molecule has 1 aliphatic heterocycles. The number of likely N-dealkylation sites (N-methyl/N-ethyl adjacent to an activating group) is 1. The van der Waals surface area contributed by atoms with E-state index in [1.807, 2.05) is 0 Å². The van der Waals surface area contributed by atoms with Crippen LogP contribution >= 0.6 is 0 Å². The summed E-state index contributed by atoms with van der Waals surface area (Å²) < 4.78 is 39.7. The monoisotopic (exact) mass is 272 g/mol. The lowest BCUT2D eigenvalue weighted by molar-refractivity contribution is 0.249. The molecular weight excluding hydrogens is 255 g/mol. The number of benzene rings is 1. The maximum absolute atomic E-state index is 13.5. The fourth-order valence-electron chi connectivity index (χ4n) is 1.97. The predicted molar refractivity (Wildman–Crippen MR) is 67.4 cm³/mol. The minimum Gasteiger partial charge on any atom is -0.313 e. The normalized spacial score (nSPS) is 16.9. The second-order valence-electron chi connectivity index (χ2n) is 4.43. The van der Waals surface area contributed by atoms with Crippen molar-refractivity contribution in [3.8, 4) is 0 Å². The molecule has 100 valence electrons. The molecule has 6 heteroatoms. The number of nitrogens with zero attached hydrogens (tertiary/aromatic N) is 1. The number of sulfonamides is 1. The van der Waals surface area contributed by atoms with Gasteiger partial charge in [-0.1, -0.05) is 13.0 Å². The highest BCUT2D eigenvalue weighted by atomic mass is 32.2. The Bertz CT molecular complexity index is 541. The van der Waals surface area contributed by atoms with Crippen LogP contribution in [0.3, 0.4) is 0 Å². The Morgan fingerprint density at radius 2 is 2.11 bits per heavy atom. The zero-order chi connectivity index (χ0) is 13.3. The molecule has 1 aromatic carbocycles. The zero-order valence-electron chi connectivity index (χ0n) is 10.5. The van der Waals surface area contributed by atoms with E-state index >= 15 is 0 Å². The van der Waals surface area contributed by atoms with Gasteiger partial charge in [-0.15, -0.1) is 0 Å². The maximum atomic E-state index is 13.5. The van der Waals surface area contributed by atoms with E-state index in [0.717, 1.165) is 6.07 Å². The van der Waals surface area contributed by atoms with Crippen molar-refractivity contribution < 1.29 is 12.8 Å². The summed E-state index contributed by atoms with van der Waals surface area (Å²) >= 11 is 0. The molecule has 18 heavy (non-hydrogen) atoms. The Balaban J connectivity index is 2.36. The van der Waals surface area contributed by atoms with Crippen molar-refractivity contribution >= 4 is 10.0 Å². The van der Waals surface area contributed by atoms with E-state index < -0.39 is 15.8 Å². The lowest BCUT2D eigenvalue weighted by atomic mass is 10.2. The van der Waals surface area contributed by atoms with E-state index in [-0.39, 0.29) is 10.9 Å². The second-order valence-corrected chi connectivity index (χ2v) is 6.32. The largest absolute Gasteiger partial charge is 0.313 e. The van der Waals surface area contributed by atoms with Gasteiger partial charge in [-0.2, -0.15) is 4.31 Å². The van der Waals surface area contributed by atoms with Gasteiger partial charge in [0.05, 0.1) is 4.90 Å². The van der Waals surface area contributed by atoms with Crippen LogP contribution in [0.1, 0.15) is 12.5 Å². The third kappa shape index (κ3) is 2.28. The Hall–Kier alpha value is -0.980. The first-order chi connectivity index (χ1) is 8.46. The molecule has 2 rings (SSSR count). The maximum Gasteiger partial charge on any atom is 0.243 e. The van der Waals surface area contributed by atoms with Crippen molar-refractivity contribution in [3.05, 3.63) is 29.6 Å². The number of halogens is 1. The number of nitrogens with one attached hydrogen (secondary N) is 1. The van der Waals surface area contributed by atoms with Gasteiger partial charge in [0.25, 0.3) is 0 Å². The zero-order valence-corrected chi connectivity index (χ0v) is 11.3. The molecular formula is C12H17FN2O2S. The SMILES string of the molecule is CCN(C1CNC1)S(=O)(=O)c1ccc(C)c(F)c1. The highest BCUT2D eigenvalue weighted by Crippen LogP contribution is 2.21. The summed E-state index contributed by atoms with van der Waals surface area (Å²) in [4.78, 5) is 0.0272. The van der Waals surface area contributed by atoms with Gasteiger partial charge in [-0.05, 0) is 24.6 Å². The van der Waals surface area contributed by atoms with Crippen LogP contribution in [0.4, 0.5) is 4.39 Å².